The Labute approximate surface area is 212 Å². The molecule has 2 rings (SSSR count). The standard InChI is InChI=1S/C32H55N2/c1-3-5-7-8-9-10-11-12-13-14-15-16-17-18-19-24-28-33-29-30-34(31-25-22-20-23-26-31)32(33)27-21-6-4-2/h20,22-23,25-26,29-30H,3-19,21,24,27-28H2,1-2H3/q+1. The lowest BCUT2D eigenvalue weighted by atomic mass is 10.0. The van der Waals surface area contributed by atoms with E-state index >= 15 is 0 Å². The van der Waals surface area contributed by atoms with Gasteiger partial charge in [0.05, 0.1) is 6.54 Å². The van der Waals surface area contributed by atoms with Crippen molar-refractivity contribution in [2.45, 2.75) is 149 Å². The average Bonchev–Trinajstić information content (AvgIpc) is 3.27. The Morgan fingerprint density at radius 2 is 1.03 bits per heavy atom. The molecule has 0 unspecified atom stereocenters. The lowest BCUT2D eigenvalue weighted by Gasteiger charge is -2.06. The zero-order valence-corrected chi connectivity index (χ0v) is 22.8. The second kappa shape index (κ2) is 19.7. The molecule has 2 nitrogen and oxygen atoms in total. The molecule has 1 aromatic carbocycles. The highest BCUT2D eigenvalue weighted by Gasteiger charge is 2.17. The molecule has 0 saturated heterocycles. The van der Waals surface area contributed by atoms with Crippen LogP contribution in [-0.4, -0.2) is 4.57 Å². The van der Waals surface area contributed by atoms with Gasteiger partial charge in [-0.1, -0.05) is 135 Å². The molecule has 0 aliphatic heterocycles. The predicted octanol–water partition coefficient (Wildman–Crippen LogP) is 9.76. The van der Waals surface area contributed by atoms with E-state index in [1.807, 2.05) is 0 Å². The average molecular weight is 468 g/mol. The maximum atomic E-state index is 2.52. The Kier molecular flexibility index (Phi) is 16.6. The molecule has 0 amide bonds. The van der Waals surface area contributed by atoms with Gasteiger partial charge in [0.25, 0.3) is 5.82 Å². The van der Waals surface area contributed by atoms with Crippen molar-refractivity contribution >= 4 is 0 Å². The van der Waals surface area contributed by atoms with Crippen LogP contribution in [0.3, 0.4) is 0 Å². The van der Waals surface area contributed by atoms with E-state index in [1.165, 1.54) is 146 Å². The Morgan fingerprint density at radius 1 is 0.559 bits per heavy atom. The van der Waals surface area contributed by atoms with Gasteiger partial charge in [-0.05, 0) is 31.4 Å². The topological polar surface area (TPSA) is 8.81 Å². The first kappa shape index (κ1) is 28.7. The first-order valence-electron chi connectivity index (χ1n) is 15.0. The molecule has 34 heavy (non-hydrogen) atoms. The number of hydrogen-bond donors (Lipinski definition) is 0. The molecule has 0 spiro atoms. The van der Waals surface area contributed by atoms with Crippen LogP contribution in [-0.2, 0) is 13.0 Å². The van der Waals surface area contributed by atoms with Gasteiger partial charge < -0.3 is 0 Å². The smallest absolute Gasteiger partial charge is 0.234 e. The molecule has 0 aliphatic rings. The molecule has 0 aliphatic carbocycles. The minimum Gasteiger partial charge on any atom is -0.234 e. The molecule has 1 aromatic heterocycles. The number of aryl methyl sites for hydroxylation is 1. The van der Waals surface area contributed by atoms with Crippen molar-refractivity contribution in [2.75, 3.05) is 0 Å². The van der Waals surface area contributed by atoms with Crippen LogP contribution in [0.2, 0.25) is 0 Å². The summed E-state index contributed by atoms with van der Waals surface area (Å²) in [7, 11) is 0. The number of para-hydroxylation sites is 1. The highest BCUT2D eigenvalue weighted by atomic mass is 15.1. The third kappa shape index (κ3) is 12.2. The Morgan fingerprint density at radius 3 is 1.56 bits per heavy atom. The summed E-state index contributed by atoms with van der Waals surface area (Å²) in [6.07, 6.45) is 32.5. The van der Waals surface area contributed by atoms with Crippen molar-refractivity contribution in [2.24, 2.45) is 0 Å². The minimum atomic E-state index is 1.17. The third-order valence-electron chi connectivity index (χ3n) is 7.30. The van der Waals surface area contributed by atoms with Gasteiger partial charge in [0, 0.05) is 6.42 Å². The molecule has 1 heterocycles. The molecule has 0 N–H and O–H groups in total. The van der Waals surface area contributed by atoms with Crippen LogP contribution in [0, 0.1) is 0 Å². The first-order chi connectivity index (χ1) is 16.9. The van der Waals surface area contributed by atoms with Crippen LogP contribution in [0.4, 0.5) is 0 Å². The van der Waals surface area contributed by atoms with E-state index in [9.17, 15) is 0 Å². The molecule has 2 aromatic rings. The van der Waals surface area contributed by atoms with Crippen molar-refractivity contribution in [3.05, 3.63) is 48.5 Å². The maximum absolute atomic E-state index is 2.52. The van der Waals surface area contributed by atoms with Gasteiger partial charge in [-0.3, -0.25) is 0 Å². The summed E-state index contributed by atoms with van der Waals surface area (Å²) >= 11 is 0. The fraction of sp³-hybridized carbons (Fsp3) is 0.719. The van der Waals surface area contributed by atoms with E-state index in [0.717, 1.165) is 0 Å². The second-order valence-corrected chi connectivity index (χ2v) is 10.4. The van der Waals surface area contributed by atoms with Gasteiger partial charge in [-0.2, -0.15) is 4.57 Å². The maximum Gasteiger partial charge on any atom is 0.261 e. The molecule has 2 heteroatoms. The summed E-state index contributed by atoms with van der Waals surface area (Å²) < 4.78 is 4.93. The normalized spacial score (nSPS) is 11.4. The largest absolute Gasteiger partial charge is 0.261 e. The predicted molar refractivity (Wildman–Crippen MR) is 149 cm³/mol. The zero-order valence-electron chi connectivity index (χ0n) is 22.8. The molecule has 0 saturated carbocycles. The van der Waals surface area contributed by atoms with E-state index in [0.29, 0.717) is 0 Å². The van der Waals surface area contributed by atoms with Crippen LogP contribution in [0.15, 0.2) is 42.7 Å². The Hall–Kier alpha value is -1.57. The number of imidazole rings is 1. The van der Waals surface area contributed by atoms with Crippen LogP contribution < -0.4 is 4.57 Å². The lowest BCUT2D eigenvalue weighted by Crippen LogP contribution is -2.37. The van der Waals surface area contributed by atoms with E-state index in [2.05, 4.69) is 65.7 Å². The summed E-state index contributed by atoms with van der Waals surface area (Å²) in [4.78, 5) is 0. The van der Waals surface area contributed by atoms with Gasteiger partial charge in [0.15, 0.2) is 0 Å². The van der Waals surface area contributed by atoms with E-state index in [1.54, 1.807) is 0 Å². The first-order valence-corrected chi connectivity index (χ1v) is 15.0. The van der Waals surface area contributed by atoms with Crippen LogP contribution in [0.25, 0.3) is 5.69 Å². The number of hydrogen-bond acceptors (Lipinski definition) is 0. The van der Waals surface area contributed by atoms with E-state index in [-0.39, 0.29) is 0 Å². The van der Waals surface area contributed by atoms with Crippen molar-refractivity contribution in [1.29, 1.82) is 0 Å². The van der Waals surface area contributed by atoms with Gasteiger partial charge in [0.1, 0.15) is 18.1 Å². The molecule has 0 fully saturated rings. The van der Waals surface area contributed by atoms with Crippen molar-refractivity contribution in [3.63, 3.8) is 0 Å². The Balaban J connectivity index is 1.53. The van der Waals surface area contributed by atoms with Crippen molar-refractivity contribution in [1.82, 2.24) is 4.57 Å². The van der Waals surface area contributed by atoms with Crippen molar-refractivity contribution < 1.29 is 4.57 Å². The van der Waals surface area contributed by atoms with Crippen LogP contribution in [0.1, 0.15) is 142 Å². The number of unbranched alkanes of at least 4 members (excludes halogenated alkanes) is 17. The monoisotopic (exact) mass is 467 g/mol. The number of nitrogens with zero attached hydrogens (tertiary/aromatic N) is 2. The molecule has 0 atom stereocenters. The highest BCUT2D eigenvalue weighted by molar-refractivity contribution is 5.31. The SMILES string of the molecule is CCCCCCCCCCCCCCCCCC[n+]1ccn(-c2ccccc2)c1CCCCC. The highest BCUT2D eigenvalue weighted by Crippen LogP contribution is 2.15. The van der Waals surface area contributed by atoms with E-state index < -0.39 is 0 Å². The summed E-state index contributed by atoms with van der Waals surface area (Å²) in [6, 6.07) is 10.8. The third-order valence-corrected chi connectivity index (χ3v) is 7.30. The number of rotatable bonds is 22. The van der Waals surface area contributed by atoms with Gasteiger partial charge in [-0.15, -0.1) is 0 Å². The van der Waals surface area contributed by atoms with Crippen molar-refractivity contribution in [3.8, 4) is 5.69 Å². The fourth-order valence-corrected chi connectivity index (χ4v) is 5.11. The van der Waals surface area contributed by atoms with Gasteiger partial charge >= 0.3 is 0 Å². The van der Waals surface area contributed by atoms with E-state index in [4.69, 9.17) is 0 Å². The van der Waals surface area contributed by atoms with Crippen LogP contribution in [0.5, 0.6) is 0 Å². The molecular weight excluding hydrogens is 412 g/mol. The minimum absolute atomic E-state index is 1.17. The quantitative estimate of drug-likeness (QED) is 0.120. The summed E-state index contributed by atoms with van der Waals surface area (Å²) in [6.45, 7) is 5.76. The molecule has 192 valence electrons. The van der Waals surface area contributed by atoms with Gasteiger partial charge in [-0.25, -0.2) is 4.57 Å². The van der Waals surface area contributed by atoms with Crippen LogP contribution >= 0.6 is 0 Å². The second-order valence-electron chi connectivity index (χ2n) is 10.4. The summed E-state index contributed by atoms with van der Waals surface area (Å²) in [5.41, 5.74) is 1.29. The van der Waals surface area contributed by atoms with Gasteiger partial charge in [0.2, 0.25) is 0 Å². The lowest BCUT2D eigenvalue weighted by molar-refractivity contribution is -0.704. The summed E-state index contributed by atoms with van der Waals surface area (Å²) in [5, 5.41) is 0. The number of aromatic nitrogens is 2. The zero-order chi connectivity index (χ0) is 24.1. The molecular formula is C32H55N2+. The molecule has 0 radical (unpaired) electrons. The fourth-order valence-electron chi connectivity index (χ4n) is 5.11. The summed E-state index contributed by atoms with van der Waals surface area (Å²) in [5.74, 6) is 1.47. The number of benzene rings is 1. The molecule has 0 bridgehead atoms. The Bertz CT molecular complexity index is 703.